The third-order valence-corrected chi connectivity index (χ3v) is 3.52. The minimum absolute atomic E-state index is 0.177. The summed E-state index contributed by atoms with van der Waals surface area (Å²) in [7, 11) is 0. The van der Waals surface area contributed by atoms with E-state index in [1.807, 2.05) is 0 Å². The van der Waals surface area contributed by atoms with E-state index in [0.29, 0.717) is 0 Å². The zero-order valence-corrected chi connectivity index (χ0v) is 10.8. The molecule has 1 aromatic heterocycles. The lowest BCUT2D eigenvalue weighted by molar-refractivity contribution is -0.274. The molecule has 1 aromatic carbocycles. The Bertz CT molecular complexity index is 607. The van der Waals surface area contributed by atoms with Gasteiger partial charge in [-0.3, -0.25) is 4.79 Å². The first-order chi connectivity index (χ1) is 8.88. The molecule has 7 heteroatoms. The van der Waals surface area contributed by atoms with Crippen molar-refractivity contribution in [1.82, 2.24) is 0 Å². The van der Waals surface area contributed by atoms with E-state index in [-0.39, 0.29) is 15.5 Å². The standard InChI is InChI=1S/C12H6ClF3O2S/c13-8-5-6-19-11(8)10(17)7-3-1-2-4-9(7)18-12(14,15)16/h1-6H. The van der Waals surface area contributed by atoms with Crippen molar-refractivity contribution in [3.63, 3.8) is 0 Å². The molecule has 1 heterocycles. The summed E-state index contributed by atoms with van der Waals surface area (Å²) in [4.78, 5) is 12.3. The summed E-state index contributed by atoms with van der Waals surface area (Å²) in [6.45, 7) is 0. The first kappa shape index (κ1) is 13.9. The zero-order chi connectivity index (χ0) is 14.0. The van der Waals surface area contributed by atoms with E-state index in [2.05, 4.69) is 4.74 Å². The minimum Gasteiger partial charge on any atom is -0.405 e. The van der Waals surface area contributed by atoms with E-state index in [9.17, 15) is 18.0 Å². The molecule has 2 nitrogen and oxygen atoms in total. The molecule has 2 aromatic rings. The Balaban J connectivity index is 2.40. The molecule has 19 heavy (non-hydrogen) atoms. The Kier molecular flexibility index (Phi) is 3.82. The van der Waals surface area contributed by atoms with Crippen molar-refractivity contribution in [2.45, 2.75) is 6.36 Å². The second-order valence-corrected chi connectivity index (χ2v) is 4.79. The largest absolute Gasteiger partial charge is 0.573 e. The number of alkyl halides is 3. The number of hydrogen-bond donors (Lipinski definition) is 0. The summed E-state index contributed by atoms with van der Waals surface area (Å²) >= 11 is 6.86. The molecule has 0 spiro atoms. The molecule has 0 amide bonds. The molecule has 0 radical (unpaired) electrons. The SMILES string of the molecule is O=C(c1ccccc1OC(F)(F)F)c1sccc1Cl. The van der Waals surface area contributed by atoms with Crippen LogP contribution in [0.2, 0.25) is 5.02 Å². The van der Waals surface area contributed by atoms with E-state index in [4.69, 9.17) is 11.6 Å². The highest BCUT2D eigenvalue weighted by Crippen LogP contribution is 2.31. The van der Waals surface area contributed by atoms with Crippen molar-refractivity contribution < 1.29 is 22.7 Å². The van der Waals surface area contributed by atoms with Gasteiger partial charge in [-0.05, 0) is 23.6 Å². The lowest BCUT2D eigenvalue weighted by atomic mass is 10.1. The number of benzene rings is 1. The third kappa shape index (κ3) is 3.27. The summed E-state index contributed by atoms with van der Waals surface area (Å²) in [6.07, 6.45) is -4.85. The Labute approximate surface area is 115 Å². The molecule has 0 aliphatic heterocycles. The number of thiophene rings is 1. The fourth-order valence-corrected chi connectivity index (χ4v) is 2.54. The highest BCUT2D eigenvalue weighted by Gasteiger charge is 2.33. The summed E-state index contributed by atoms with van der Waals surface area (Å²) < 4.78 is 40.6. The van der Waals surface area contributed by atoms with Gasteiger partial charge in [-0.2, -0.15) is 0 Å². The second kappa shape index (κ2) is 5.22. The number of ether oxygens (including phenoxy) is 1. The molecule has 2 rings (SSSR count). The average molecular weight is 307 g/mol. The number of carbonyl (C=O) groups excluding carboxylic acids is 1. The van der Waals surface area contributed by atoms with Gasteiger partial charge in [0.2, 0.25) is 5.78 Å². The number of carbonyl (C=O) groups is 1. The van der Waals surface area contributed by atoms with Crippen LogP contribution in [0.3, 0.4) is 0 Å². The highest BCUT2D eigenvalue weighted by atomic mass is 35.5. The first-order valence-corrected chi connectivity index (χ1v) is 6.27. The van der Waals surface area contributed by atoms with Crippen molar-refractivity contribution in [1.29, 1.82) is 0 Å². The van der Waals surface area contributed by atoms with Crippen LogP contribution in [-0.2, 0) is 0 Å². The molecule has 0 aliphatic rings. The Morgan fingerprint density at radius 2 is 1.89 bits per heavy atom. The van der Waals surface area contributed by atoms with Crippen LogP contribution in [0.15, 0.2) is 35.7 Å². The predicted octanol–water partition coefficient (Wildman–Crippen LogP) is 4.53. The molecule has 0 saturated heterocycles. The molecule has 0 atom stereocenters. The molecule has 0 aliphatic carbocycles. The Morgan fingerprint density at radius 3 is 2.47 bits per heavy atom. The van der Waals surface area contributed by atoms with E-state index < -0.39 is 17.9 Å². The van der Waals surface area contributed by atoms with Gasteiger partial charge in [-0.15, -0.1) is 24.5 Å². The minimum atomic E-state index is -4.85. The molecular weight excluding hydrogens is 301 g/mol. The van der Waals surface area contributed by atoms with Crippen molar-refractivity contribution in [2.24, 2.45) is 0 Å². The maximum Gasteiger partial charge on any atom is 0.573 e. The lowest BCUT2D eigenvalue weighted by Crippen LogP contribution is -2.19. The van der Waals surface area contributed by atoms with Crippen LogP contribution < -0.4 is 4.74 Å². The zero-order valence-electron chi connectivity index (χ0n) is 9.20. The first-order valence-electron chi connectivity index (χ1n) is 5.01. The van der Waals surface area contributed by atoms with Crippen molar-refractivity contribution in [3.8, 4) is 5.75 Å². The normalized spacial score (nSPS) is 11.4. The average Bonchev–Trinajstić information content (AvgIpc) is 2.73. The maximum absolute atomic E-state index is 12.2. The van der Waals surface area contributed by atoms with Crippen molar-refractivity contribution in [2.75, 3.05) is 0 Å². The predicted molar refractivity (Wildman–Crippen MR) is 65.9 cm³/mol. The van der Waals surface area contributed by atoms with Crippen LogP contribution in [0.25, 0.3) is 0 Å². The topological polar surface area (TPSA) is 26.3 Å². The van der Waals surface area contributed by atoms with Crippen LogP contribution >= 0.6 is 22.9 Å². The van der Waals surface area contributed by atoms with E-state index in [0.717, 1.165) is 17.4 Å². The molecule has 100 valence electrons. The fourth-order valence-electron chi connectivity index (χ4n) is 1.45. The second-order valence-electron chi connectivity index (χ2n) is 3.47. The third-order valence-electron chi connectivity index (χ3n) is 2.18. The van der Waals surface area contributed by atoms with Gasteiger partial charge in [-0.1, -0.05) is 23.7 Å². The molecule has 0 bridgehead atoms. The Hall–Kier alpha value is -1.53. The number of hydrogen-bond acceptors (Lipinski definition) is 3. The molecule has 0 N–H and O–H groups in total. The summed E-state index contributed by atoms with van der Waals surface area (Å²) in [5, 5.41) is 1.79. The van der Waals surface area contributed by atoms with E-state index in [1.54, 1.807) is 5.38 Å². The van der Waals surface area contributed by atoms with E-state index in [1.165, 1.54) is 24.3 Å². The van der Waals surface area contributed by atoms with E-state index >= 15 is 0 Å². The summed E-state index contributed by atoms with van der Waals surface area (Å²) in [5.41, 5.74) is -0.177. The summed E-state index contributed by atoms with van der Waals surface area (Å²) in [6, 6.07) is 6.67. The molecule has 0 fully saturated rings. The van der Waals surface area contributed by atoms with Crippen LogP contribution in [0.4, 0.5) is 13.2 Å². The van der Waals surface area contributed by atoms with Crippen LogP contribution in [0.5, 0.6) is 5.75 Å². The summed E-state index contributed by atoms with van der Waals surface area (Å²) in [5.74, 6) is -1.13. The van der Waals surface area contributed by atoms with Crippen LogP contribution in [-0.4, -0.2) is 12.1 Å². The van der Waals surface area contributed by atoms with Crippen molar-refractivity contribution in [3.05, 3.63) is 51.2 Å². The Morgan fingerprint density at radius 1 is 1.21 bits per heavy atom. The molecular formula is C12H6ClF3O2S. The maximum atomic E-state index is 12.2. The van der Waals surface area contributed by atoms with Crippen molar-refractivity contribution >= 4 is 28.7 Å². The van der Waals surface area contributed by atoms with Gasteiger partial charge in [0, 0.05) is 0 Å². The highest BCUT2D eigenvalue weighted by molar-refractivity contribution is 7.13. The van der Waals surface area contributed by atoms with Gasteiger partial charge < -0.3 is 4.74 Å². The van der Waals surface area contributed by atoms with Crippen LogP contribution in [0.1, 0.15) is 15.2 Å². The number of halogens is 4. The molecule has 0 saturated carbocycles. The number of ketones is 1. The van der Waals surface area contributed by atoms with Gasteiger partial charge in [0.15, 0.2) is 0 Å². The molecule has 0 unspecified atom stereocenters. The van der Waals surface area contributed by atoms with Gasteiger partial charge in [0.1, 0.15) is 5.75 Å². The lowest BCUT2D eigenvalue weighted by Gasteiger charge is -2.12. The van der Waals surface area contributed by atoms with Crippen LogP contribution in [0, 0.1) is 0 Å². The van der Waals surface area contributed by atoms with Gasteiger partial charge in [0.05, 0.1) is 15.5 Å². The van der Waals surface area contributed by atoms with Gasteiger partial charge in [0.25, 0.3) is 0 Å². The monoisotopic (exact) mass is 306 g/mol. The van der Waals surface area contributed by atoms with Gasteiger partial charge in [-0.25, -0.2) is 0 Å². The number of rotatable bonds is 3. The fraction of sp³-hybridized carbons (Fsp3) is 0.0833. The smallest absolute Gasteiger partial charge is 0.405 e. The van der Waals surface area contributed by atoms with Gasteiger partial charge >= 0.3 is 6.36 Å². The number of para-hydroxylation sites is 1. The quantitative estimate of drug-likeness (QED) is 0.779.